The Hall–Kier alpha value is -0.450. The van der Waals surface area contributed by atoms with E-state index >= 15 is 0 Å². The minimum atomic E-state index is 0.253. The molecular formula is C12H22N2OS. The Labute approximate surface area is 102 Å². The van der Waals surface area contributed by atoms with Crippen LogP contribution in [-0.2, 0) is 24.1 Å². The van der Waals surface area contributed by atoms with E-state index in [1.54, 1.807) is 7.11 Å². The van der Waals surface area contributed by atoms with Gasteiger partial charge < -0.3 is 10.1 Å². The van der Waals surface area contributed by atoms with Gasteiger partial charge in [0.05, 0.1) is 16.8 Å². The molecule has 0 bridgehead atoms. The minimum Gasteiger partial charge on any atom is -0.381 e. The summed E-state index contributed by atoms with van der Waals surface area (Å²) in [6, 6.07) is 0. The number of nitrogens with one attached hydrogen (secondary N) is 1. The van der Waals surface area contributed by atoms with E-state index in [0.717, 1.165) is 25.9 Å². The zero-order chi connectivity index (χ0) is 12.0. The topological polar surface area (TPSA) is 34.1 Å². The molecule has 1 atom stereocenters. The highest BCUT2D eigenvalue weighted by Crippen LogP contribution is 2.20. The molecule has 0 saturated heterocycles. The van der Waals surface area contributed by atoms with Gasteiger partial charge in [0.1, 0.15) is 0 Å². The summed E-state index contributed by atoms with van der Waals surface area (Å²) in [5.41, 5.74) is 1.24. The fourth-order valence-electron chi connectivity index (χ4n) is 1.51. The van der Waals surface area contributed by atoms with Crippen molar-refractivity contribution in [1.82, 2.24) is 10.3 Å². The van der Waals surface area contributed by atoms with Gasteiger partial charge in [-0.25, -0.2) is 4.98 Å². The maximum Gasteiger partial charge on any atom is 0.0957 e. The molecule has 1 aromatic heterocycles. The summed E-state index contributed by atoms with van der Waals surface area (Å²) in [5.74, 6) is 0. The van der Waals surface area contributed by atoms with Gasteiger partial charge in [0.15, 0.2) is 0 Å². The maximum atomic E-state index is 5.27. The third-order valence-corrected chi connectivity index (χ3v) is 3.68. The van der Waals surface area contributed by atoms with Crippen molar-refractivity contribution in [3.63, 3.8) is 0 Å². The number of methoxy groups -OCH3 is 1. The van der Waals surface area contributed by atoms with Crippen molar-refractivity contribution in [3.8, 4) is 0 Å². The summed E-state index contributed by atoms with van der Waals surface area (Å²) in [4.78, 5) is 6.05. The fourth-order valence-corrected chi connectivity index (χ4v) is 2.75. The Morgan fingerprint density at radius 1 is 1.44 bits per heavy atom. The predicted molar refractivity (Wildman–Crippen MR) is 69.0 cm³/mol. The van der Waals surface area contributed by atoms with Crippen LogP contribution in [0.1, 0.15) is 36.3 Å². The normalized spacial score (nSPS) is 13.0. The molecule has 0 aromatic carbocycles. The van der Waals surface area contributed by atoms with Crippen LogP contribution >= 0.6 is 11.3 Å². The summed E-state index contributed by atoms with van der Waals surface area (Å²) in [6.07, 6.45) is 2.18. The Bertz CT molecular complexity index is 312. The number of nitrogens with zero attached hydrogens (tertiary/aromatic N) is 1. The number of hydrogen-bond donors (Lipinski definition) is 1. The lowest BCUT2D eigenvalue weighted by atomic mass is 10.3. The van der Waals surface area contributed by atoms with E-state index < -0.39 is 0 Å². The van der Waals surface area contributed by atoms with Gasteiger partial charge in [0.25, 0.3) is 0 Å². The standard InChI is InChI=1S/C12H22N2OS/c1-5-10-11(8-13-6-2)16-12(14-10)7-9(3)15-4/h9,13H,5-8H2,1-4H3. The quantitative estimate of drug-likeness (QED) is 0.797. The van der Waals surface area contributed by atoms with Crippen LogP contribution in [0.4, 0.5) is 0 Å². The molecule has 1 heterocycles. The lowest BCUT2D eigenvalue weighted by Gasteiger charge is -2.05. The van der Waals surface area contributed by atoms with Crippen molar-refractivity contribution >= 4 is 11.3 Å². The SMILES string of the molecule is CCNCc1sc(CC(C)OC)nc1CC. The van der Waals surface area contributed by atoms with Gasteiger partial charge >= 0.3 is 0 Å². The second kappa shape index (κ2) is 6.99. The first-order valence-electron chi connectivity index (χ1n) is 5.92. The molecule has 0 aliphatic rings. The predicted octanol–water partition coefficient (Wildman–Crippen LogP) is 2.39. The van der Waals surface area contributed by atoms with Crippen molar-refractivity contribution in [1.29, 1.82) is 0 Å². The minimum absolute atomic E-state index is 0.253. The molecule has 0 saturated carbocycles. The molecule has 1 unspecified atom stereocenters. The second-order valence-electron chi connectivity index (χ2n) is 3.86. The molecule has 1 rings (SSSR count). The van der Waals surface area contributed by atoms with Crippen LogP contribution in [-0.4, -0.2) is 24.7 Å². The van der Waals surface area contributed by atoms with Gasteiger partial charge in [-0.1, -0.05) is 13.8 Å². The van der Waals surface area contributed by atoms with Gasteiger partial charge in [-0.2, -0.15) is 0 Å². The van der Waals surface area contributed by atoms with E-state index in [9.17, 15) is 0 Å². The molecule has 3 nitrogen and oxygen atoms in total. The first-order valence-corrected chi connectivity index (χ1v) is 6.73. The summed E-state index contributed by atoms with van der Waals surface area (Å²) < 4.78 is 5.27. The first kappa shape index (κ1) is 13.6. The molecule has 92 valence electrons. The Kier molecular flexibility index (Phi) is 5.95. The molecular weight excluding hydrogens is 220 g/mol. The molecule has 0 fully saturated rings. The molecule has 16 heavy (non-hydrogen) atoms. The van der Waals surface area contributed by atoms with E-state index in [4.69, 9.17) is 4.74 Å². The summed E-state index contributed by atoms with van der Waals surface area (Å²) in [7, 11) is 1.75. The summed E-state index contributed by atoms with van der Waals surface area (Å²) in [6.45, 7) is 8.31. The van der Waals surface area contributed by atoms with Crippen LogP contribution in [0.2, 0.25) is 0 Å². The van der Waals surface area contributed by atoms with Crippen LogP contribution in [0.3, 0.4) is 0 Å². The van der Waals surface area contributed by atoms with E-state index in [1.165, 1.54) is 15.6 Å². The molecule has 1 aromatic rings. The highest BCUT2D eigenvalue weighted by Gasteiger charge is 2.11. The van der Waals surface area contributed by atoms with E-state index in [1.807, 2.05) is 11.3 Å². The maximum absolute atomic E-state index is 5.27. The highest BCUT2D eigenvalue weighted by atomic mass is 32.1. The van der Waals surface area contributed by atoms with E-state index in [2.05, 4.69) is 31.1 Å². The molecule has 0 aliphatic carbocycles. The van der Waals surface area contributed by atoms with Crippen molar-refractivity contribution in [3.05, 3.63) is 15.6 Å². The molecule has 1 N–H and O–H groups in total. The first-order chi connectivity index (χ1) is 7.71. The van der Waals surface area contributed by atoms with Gasteiger partial charge in [0, 0.05) is 25.0 Å². The number of thiazole rings is 1. The summed E-state index contributed by atoms with van der Waals surface area (Å²) in [5, 5.41) is 4.55. The smallest absolute Gasteiger partial charge is 0.0957 e. The van der Waals surface area contributed by atoms with E-state index in [-0.39, 0.29) is 6.10 Å². The van der Waals surface area contributed by atoms with Crippen molar-refractivity contribution in [2.24, 2.45) is 0 Å². The molecule has 4 heteroatoms. The van der Waals surface area contributed by atoms with Crippen LogP contribution in [0.5, 0.6) is 0 Å². The molecule has 0 radical (unpaired) electrons. The Balaban J connectivity index is 2.68. The van der Waals surface area contributed by atoms with Crippen molar-refractivity contribution < 1.29 is 4.74 Å². The van der Waals surface area contributed by atoms with Crippen LogP contribution in [0.25, 0.3) is 0 Å². The zero-order valence-electron chi connectivity index (χ0n) is 10.7. The van der Waals surface area contributed by atoms with Crippen molar-refractivity contribution in [2.75, 3.05) is 13.7 Å². The average Bonchev–Trinajstić information content (AvgIpc) is 2.68. The number of aryl methyl sites for hydroxylation is 1. The van der Waals surface area contributed by atoms with Gasteiger partial charge in [-0.3, -0.25) is 0 Å². The second-order valence-corrected chi connectivity index (χ2v) is 5.03. The fraction of sp³-hybridized carbons (Fsp3) is 0.750. The Morgan fingerprint density at radius 2 is 2.19 bits per heavy atom. The number of rotatable bonds is 7. The molecule has 0 amide bonds. The highest BCUT2D eigenvalue weighted by molar-refractivity contribution is 7.11. The molecule has 0 spiro atoms. The summed E-state index contributed by atoms with van der Waals surface area (Å²) >= 11 is 1.81. The third-order valence-electron chi connectivity index (χ3n) is 2.56. The zero-order valence-corrected chi connectivity index (χ0v) is 11.5. The van der Waals surface area contributed by atoms with Gasteiger partial charge in [-0.15, -0.1) is 11.3 Å². The van der Waals surface area contributed by atoms with Crippen molar-refractivity contribution in [2.45, 2.75) is 46.3 Å². The van der Waals surface area contributed by atoms with Crippen LogP contribution in [0.15, 0.2) is 0 Å². The molecule has 0 aliphatic heterocycles. The monoisotopic (exact) mass is 242 g/mol. The number of hydrogen-bond acceptors (Lipinski definition) is 4. The van der Waals surface area contributed by atoms with E-state index in [0.29, 0.717) is 0 Å². The van der Waals surface area contributed by atoms with Crippen LogP contribution < -0.4 is 5.32 Å². The Morgan fingerprint density at radius 3 is 2.75 bits per heavy atom. The van der Waals surface area contributed by atoms with Gasteiger partial charge in [-0.05, 0) is 19.9 Å². The van der Waals surface area contributed by atoms with Crippen LogP contribution in [0, 0.1) is 0 Å². The third kappa shape index (κ3) is 3.85. The number of ether oxygens (including phenoxy) is 1. The largest absolute Gasteiger partial charge is 0.381 e. The lowest BCUT2D eigenvalue weighted by molar-refractivity contribution is 0.118. The van der Waals surface area contributed by atoms with Gasteiger partial charge in [0.2, 0.25) is 0 Å². The average molecular weight is 242 g/mol. The lowest BCUT2D eigenvalue weighted by Crippen LogP contribution is -2.11. The number of aromatic nitrogens is 1.